The molecule has 1 unspecified atom stereocenters. The zero-order chi connectivity index (χ0) is 15.1. The molecule has 0 saturated carbocycles. The molecule has 0 fully saturated rings. The topological polar surface area (TPSA) is 38.0 Å². The van der Waals surface area contributed by atoms with E-state index < -0.39 is 0 Å². The van der Waals surface area contributed by atoms with Gasteiger partial charge in [0.2, 0.25) is 0 Å². The molecular weight excluding hydrogens is 280 g/mol. The Morgan fingerprint density at radius 3 is 2.43 bits per heavy atom. The maximum Gasteiger partial charge on any atom is 0.0408 e. The molecule has 112 valence electrons. The van der Waals surface area contributed by atoms with Gasteiger partial charge in [0.15, 0.2) is 0 Å². The van der Waals surface area contributed by atoms with Crippen LogP contribution in [0.1, 0.15) is 23.6 Å². The Morgan fingerprint density at radius 1 is 1.05 bits per heavy atom. The first-order valence-electron chi connectivity index (χ1n) is 7.43. The first kappa shape index (κ1) is 16.0. The molecule has 21 heavy (non-hydrogen) atoms. The van der Waals surface area contributed by atoms with Gasteiger partial charge in [0, 0.05) is 17.6 Å². The molecule has 2 rings (SSSR count). The number of hydrogen-bond donors (Lipinski definition) is 2. The van der Waals surface area contributed by atoms with Crippen molar-refractivity contribution in [2.75, 3.05) is 6.54 Å². The summed E-state index contributed by atoms with van der Waals surface area (Å²) < 4.78 is 0. The summed E-state index contributed by atoms with van der Waals surface area (Å²) in [5, 5.41) is 4.37. The molecule has 0 aromatic heterocycles. The Balaban J connectivity index is 1.75. The first-order chi connectivity index (χ1) is 10.2. The van der Waals surface area contributed by atoms with E-state index in [4.69, 9.17) is 17.3 Å². The van der Waals surface area contributed by atoms with E-state index in [1.807, 2.05) is 18.2 Å². The molecule has 2 aromatic rings. The second-order valence-electron chi connectivity index (χ2n) is 5.46. The van der Waals surface area contributed by atoms with Crippen LogP contribution in [0.4, 0.5) is 0 Å². The second kappa shape index (κ2) is 8.18. The Morgan fingerprint density at radius 2 is 1.76 bits per heavy atom. The van der Waals surface area contributed by atoms with Crippen LogP contribution in [0.25, 0.3) is 0 Å². The van der Waals surface area contributed by atoms with Crippen LogP contribution in [0, 0.1) is 0 Å². The highest BCUT2D eigenvalue weighted by Gasteiger charge is 2.03. The van der Waals surface area contributed by atoms with Crippen molar-refractivity contribution in [3.05, 3.63) is 70.2 Å². The van der Waals surface area contributed by atoms with Crippen molar-refractivity contribution >= 4 is 11.6 Å². The van der Waals surface area contributed by atoms with Crippen molar-refractivity contribution in [1.82, 2.24) is 5.32 Å². The van der Waals surface area contributed by atoms with Crippen LogP contribution in [-0.4, -0.2) is 12.6 Å². The Hall–Kier alpha value is -1.35. The lowest BCUT2D eigenvalue weighted by molar-refractivity contribution is 0.548. The van der Waals surface area contributed by atoms with Gasteiger partial charge in [-0.2, -0.15) is 0 Å². The van der Waals surface area contributed by atoms with Crippen molar-refractivity contribution in [1.29, 1.82) is 0 Å². The van der Waals surface area contributed by atoms with Crippen molar-refractivity contribution in [2.45, 2.75) is 32.4 Å². The van der Waals surface area contributed by atoms with E-state index in [2.05, 4.69) is 42.6 Å². The van der Waals surface area contributed by atoms with Gasteiger partial charge in [0.25, 0.3) is 0 Å². The lowest BCUT2D eigenvalue weighted by Gasteiger charge is -2.14. The Bertz CT molecular complexity index is 551. The van der Waals surface area contributed by atoms with E-state index in [0.717, 1.165) is 24.4 Å². The van der Waals surface area contributed by atoms with Crippen molar-refractivity contribution < 1.29 is 0 Å². The fraction of sp³-hybridized carbons (Fsp3) is 0.333. The van der Waals surface area contributed by atoms with Crippen LogP contribution in [0.5, 0.6) is 0 Å². The smallest absolute Gasteiger partial charge is 0.0408 e. The fourth-order valence-electron chi connectivity index (χ4n) is 2.39. The standard InChI is InChI=1S/C18H23ClN2/c1-14(11-16-5-7-17(13-20)8-6-16)21-10-9-15-3-2-4-18(19)12-15/h2-8,12,14,21H,9-11,13,20H2,1H3. The van der Waals surface area contributed by atoms with Crippen LogP contribution >= 0.6 is 11.6 Å². The van der Waals surface area contributed by atoms with Gasteiger partial charge in [0.05, 0.1) is 0 Å². The second-order valence-corrected chi connectivity index (χ2v) is 5.90. The summed E-state index contributed by atoms with van der Waals surface area (Å²) in [6, 6.07) is 17.0. The predicted octanol–water partition coefficient (Wildman–Crippen LogP) is 3.56. The molecule has 0 heterocycles. The molecule has 3 heteroatoms. The lowest BCUT2D eigenvalue weighted by Crippen LogP contribution is -2.29. The number of halogens is 1. The van der Waals surface area contributed by atoms with Crippen LogP contribution in [0.3, 0.4) is 0 Å². The molecule has 2 aromatic carbocycles. The van der Waals surface area contributed by atoms with Crippen molar-refractivity contribution in [3.63, 3.8) is 0 Å². The third kappa shape index (κ3) is 5.50. The van der Waals surface area contributed by atoms with Crippen LogP contribution in [-0.2, 0) is 19.4 Å². The Kier molecular flexibility index (Phi) is 6.24. The molecular formula is C18H23ClN2. The van der Waals surface area contributed by atoms with Gasteiger partial charge >= 0.3 is 0 Å². The van der Waals surface area contributed by atoms with Crippen LogP contribution in [0.15, 0.2) is 48.5 Å². The number of benzene rings is 2. The average Bonchev–Trinajstić information content (AvgIpc) is 2.48. The third-order valence-corrected chi connectivity index (χ3v) is 3.83. The highest BCUT2D eigenvalue weighted by atomic mass is 35.5. The van der Waals surface area contributed by atoms with Gasteiger partial charge in [0.1, 0.15) is 0 Å². The van der Waals surface area contributed by atoms with E-state index in [9.17, 15) is 0 Å². The zero-order valence-electron chi connectivity index (χ0n) is 12.5. The molecule has 0 bridgehead atoms. The Labute approximate surface area is 132 Å². The molecule has 0 aliphatic carbocycles. The molecule has 0 saturated heterocycles. The normalized spacial score (nSPS) is 12.3. The number of hydrogen-bond acceptors (Lipinski definition) is 2. The summed E-state index contributed by atoms with van der Waals surface area (Å²) in [6.07, 6.45) is 2.03. The summed E-state index contributed by atoms with van der Waals surface area (Å²) >= 11 is 5.99. The van der Waals surface area contributed by atoms with Gasteiger partial charge in [-0.3, -0.25) is 0 Å². The molecule has 1 atom stereocenters. The molecule has 3 N–H and O–H groups in total. The van der Waals surface area contributed by atoms with E-state index >= 15 is 0 Å². The minimum absolute atomic E-state index is 0.452. The largest absolute Gasteiger partial charge is 0.326 e. The molecule has 0 spiro atoms. The van der Waals surface area contributed by atoms with Gasteiger partial charge in [-0.05, 0) is 55.1 Å². The van der Waals surface area contributed by atoms with Gasteiger partial charge in [-0.15, -0.1) is 0 Å². The number of nitrogens with two attached hydrogens (primary N) is 1. The summed E-state index contributed by atoms with van der Waals surface area (Å²) in [4.78, 5) is 0. The first-order valence-corrected chi connectivity index (χ1v) is 7.81. The predicted molar refractivity (Wildman–Crippen MR) is 90.7 cm³/mol. The van der Waals surface area contributed by atoms with E-state index in [0.29, 0.717) is 12.6 Å². The van der Waals surface area contributed by atoms with Gasteiger partial charge in [-0.25, -0.2) is 0 Å². The van der Waals surface area contributed by atoms with Crippen LogP contribution < -0.4 is 11.1 Å². The van der Waals surface area contributed by atoms with E-state index in [1.54, 1.807) is 0 Å². The monoisotopic (exact) mass is 302 g/mol. The van der Waals surface area contributed by atoms with Crippen molar-refractivity contribution in [2.24, 2.45) is 5.73 Å². The molecule has 0 radical (unpaired) electrons. The molecule has 0 aliphatic rings. The van der Waals surface area contributed by atoms with Gasteiger partial charge < -0.3 is 11.1 Å². The minimum Gasteiger partial charge on any atom is -0.326 e. The fourth-order valence-corrected chi connectivity index (χ4v) is 2.61. The molecule has 2 nitrogen and oxygen atoms in total. The lowest BCUT2D eigenvalue weighted by atomic mass is 10.0. The quantitative estimate of drug-likeness (QED) is 0.820. The van der Waals surface area contributed by atoms with Crippen molar-refractivity contribution in [3.8, 4) is 0 Å². The molecule has 0 aliphatic heterocycles. The van der Waals surface area contributed by atoms with E-state index in [1.165, 1.54) is 16.7 Å². The highest BCUT2D eigenvalue weighted by Crippen LogP contribution is 2.11. The van der Waals surface area contributed by atoms with E-state index in [-0.39, 0.29) is 0 Å². The zero-order valence-corrected chi connectivity index (χ0v) is 13.2. The summed E-state index contributed by atoms with van der Waals surface area (Å²) in [7, 11) is 0. The average molecular weight is 303 g/mol. The SMILES string of the molecule is CC(Cc1ccc(CN)cc1)NCCc1cccc(Cl)c1. The third-order valence-electron chi connectivity index (χ3n) is 3.60. The summed E-state index contributed by atoms with van der Waals surface area (Å²) in [6.45, 7) is 3.78. The maximum absolute atomic E-state index is 5.99. The number of rotatable bonds is 7. The van der Waals surface area contributed by atoms with Crippen LogP contribution in [0.2, 0.25) is 5.02 Å². The number of nitrogens with one attached hydrogen (secondary N) is 1. The minimum atomic E-state index is 0.452. The molecule has 0 amide bonds. The highest BCUT2D eigenvalue weighted by molar-refractivity contribution is 6.30. The maximum atomic E-state index is 5.99. The van der Waals surface area contributed by atoms with Gasteiger partial charge in [-0.1, -0.05) is 48.0 Å². The summed E-state index contributed by atoms with van der Waals surface area (Å²) in [5.74, 6) is 0. The summed E-state index contributed by atoms with van der Waals surface area (Å²) in [5.41, 5.74) is 9.41.